The number of rotatable bonds is 2. The molecule has 0 spiro atoms. The molecule has 0 radical (unpaired) electrons. The molecule has 6 nitrogen and oxygen atoms in total. The first-order valence-electron chi connectivity index (χ1n) is 6.45. The fourth-order valence-corrected chi connectivity index (χ4v) is 2.06. The van der Waals surface area contributed by atoms with Gasteiger partial charge in [-0.25, -0.2) is 0 Å². The lowest BCUT2D eigenvalue weighted by Crippen LogP contribution is -2.19. The lowest BCUT2D eigenvalue weighted by molar-refractivity contribution is 0.635. The van der Waals surface area contributed by atoms with Gasteiger partial charge in [0.15, 0.2) is 5.17 Å². The predicted octanol–water partition coefficient (Wildman–Crippen LogP) is 3.10. The van der Waals surface area contributed by atoms with Crippen molar-refractivity contribution in [3.05, 3.63) is 24.3 Å². The van der Waals surface area contributed by atoms with Crippen LogP contribution in [-0.4, -0.2) is 57.5 Å². The maximum absolute atomic E-state index is 4.21. The van der Waals surface area contributed by atoms with Crippen LogP contribution in [0.5, 0.6) is 0 Å². The number of hydrogen-bond acceptors (Lipinski definition) is 5. The van der Waals surface area contributed by atoms with Crippen LogP contribution in [-0.2, 0) is 0 Å². The standard InChI is InChI=1S/C14H22N6S/c1-15-13(21-14(16-2)20(5)6)18-17-11-7-9-12(10-8-11)19(3)4/h7-10H,1-6H3. The monoisotopic (exact) mass is 306 g/mol. The van der Waals surface area contributed by atoms with E-state index in [1.54, 1.807) is 14.1 Å². The number of azo groups is 1. The van der Waals surface area contributed by atoms with Gasteiger partial charge in [0.1, 0.15) is 0 Å². The molecule has 0 amide bonds. The van der Waals surface area contributed by atoms with Crippen LogP contribution in [0.1, 0.15) is 0 Å². The van der Waals surface area contributed by atoms with Gasteiger partial charge in [-0.3, -0.25) is 9.98 Å². The van der Waals surface area contributed by atoms with Crippen molar-refractivity contribution >= 4 is 33.5 Å². The van der Waals surface area contributed by atoms with Crippen LogP contribution in [0, 0.1) is 0 Å². The molecule has 0 aliphatic heterocycles. The summed E-state index contributed by atoms with van der Waals surface area (Å²) in [7, 11) is 11.3. The summed E-state index contributed by atoms with van der Waals surface area (Å²) in [4.78, 5) is 12.3. The van der Waals surface area contributed by atoms with E-state index < -0.39 is 0 Å². The highest BCUT2D eigenvalue weighted by Gasteiger charge is 2.07. The zero-order chi connectivity index (χ0) is 15.8. The zero-order valence-electron chi connectivity index (χ0n) is 13.4. The third kappa shape index (κ3) is 5.55. The summed E-state index contributed by atoms with van der Waals surface area (Å²) in [6.45, 7) is 0. The number of anilines is 1. The first kappa shape index (κ1) is 17.2. The number of thioether (sulfide) groups is 1. The van der Waals surface area contributed by atoms with Gasteiger partial charge in [0.2, 0.25) is 5.17 Å². The summed E-state index contributed by atoms with van der Waals surface area (Å²) in [5, 5.41) is 9.78. The molecule has 0 aliphatic carbocycles. The van der Waals surface area contributed by atoms with Gasteiger partial charge in [-0.2, -0.15) is 0 Å². The lowest BCUT2D eigenvalue weighted by atomic mass is 10.3. The number of hydrogen-bond donors (Lipinski definition) is 0. The second-order valence-electron chi connectivity index (χ2n) is 4.62. The number of amidine groups is 2. The molecule has 0 fully saturated rings. The first-order valence-corrected chi connectivity index (χ1v) is 7.27. The fraction of sp³-hybridized carbons (Fsp3) is 0.429. The van der Waals surface area contributed by atoms with E-state index in [1.165, 1.54) is 11.8 Å². The molecule has 0 N–H and O–H groups in total. The minimum absolute atomic E-state index is 0.570. The quantitative estimate of drug-likeness (QED) is 0.479. The van der Waals surface area contributed by atoms with Gasteiger partial charge in [-0.15, -0.1) is 10.2 Å². The summed E-state index contributed by atoms with van der Waals surface area (Å²) < 4.78 is 0. The van der Waals surface area contributed by atoms with Gasteiger partial charge < -0.3 is 9.80 Å². The van der Waals surface area contributed by atoms with E-state index in [1.807, 2.05) is 62.3 Å². The van der Waals surface area contributed by atoms with Gasteiger partial charge in [0, 0.05) is 48.0 Å². The second-order valence-corrected chi connectivity index (χ2v) is 5.55. The average molecular weight is 306 g/mol. The van der Waals surface area contributed by atoms with Crippen LogP contribution >= 0.6 is 11.8 Å². The maximum Gasteiger partial charge on any atom is 0.211 e. The van der Waals surface area contributed by atoms with Crippen molar-refractivity contribution in [2.75, 3.05) is 47.2 Å². The Bertz CT molecular complexity index is 531. The van der Waals surface area contributed by atoms with E-state index in [9.17, 15) is 0 Å². The van der Waals surface area contributed by atoms with Gasteiger partial charge >= 0.3 is 0 Å². The molecule has 1 rings (SSSR count). The molecule has 21 heavy (non-hydrogen) atoms. The van der Waals surface area contributed by atoms with Crippen LogP contribution < -0.4 is 4.90 Å². The highest BCUT2D eigenvalue weighted by molar-refractivity contribution is 8.26. The van der Waals surface area contributed by atoms with E-state index >= 15 is 0 Å². The SMILES string of the molecule is CN=C(N=Nc1ccc(N(C)C)cc1)SC(=NC)N(C)C. The van der Waals surface area contributed by atoms with Crippen LogP contribution in [0.25, 0.3) is 0 Å². The van der Waals surface area contributed by atoms with Crippen molar-refractivity contribution in [3.8, 4) is 0 Å². The van der Waals surface area contributed by atoms with E-state index in [-0.39, 0.29) is 0 Å². The Morgan fingerprint density at radius 3 is 2.00 bits per heavy atom. The Labute approximate surface area is 130 Å². The minimum atomic E-state index is 0.570. The average Bonchev–Trinajstić information content (AvgIpc) is 2.47. The Kier molecular flexibility index (Phi) is 6.87. The third-order valence-electron chi connectivity index (χ3n) is 2.56. The van der Waals surface area contributed by atoms with Crippen LogP contribution in [0.2, 0.25) is 0 Å². The largest absolute Gasteiger partial charge is 0.378 e. The molecular weight excluding hydrogens is 284 g/mol. The Hall–Kier alpha value is -1.89. The van der Waals surface area contributed by atoms with Crippen LogP contribution in [0.4, 0.5) is 11.4 Å². The van der Waals surface area contributed by atoms with E-state index in [0.29, 0.717) is 5.17 Å². The summed E-state index contributed by atoms with van der Waals surface area (Å²) in [6.07, 6.45) is 0. The van der Waals surface area contributed by atoms with Crippen molar-refractivity contribution < 1.29 is 0 Å². The van der Waals surface area contributed by atoms with Gasteiger partial charge in [-0.05, 0) is 36.0 Å². The minimum Gasteiger partial charge on any atom is -0.378 e. The number of nitrogens with zero attached hydrogens (tertiary/aromatic N) is 6. The molecule has 0 saturated carbocycles. The topological polar surface area (TPSA) is 55.9 Å². The van der Waals surface area contributed by atoms with Gasteiger partial charge in [-0.1, -0.05) is 0 Å². The third-order valence-corrected chi connectivity index (χ3v) is 3.74. The smallest absolute Gasteiger partial charge is 0.211 e. The molecule has 0 atom stereocenters. The molecule has 0 bridgehead atoms. The molecule has 7 heteroatoms. The Balaban J connectivity index is 2.77. The molecule has 1 aromatic rings. The summed E-state index contributed by atoms with van der Waals surface area (Å²) in [5.74, 6) is 0. The number of aliphatic imine (C=N–C) groups is 2. The van der Waals surface area contributed by atoms with E-state index in [2.05, 4.69) is 20.2 Å². The predicted molar refractivity (Wildman–Crippen MR) is 93.3 cm³/mol. The molecule has 0 aliphatic rings. The van der Waals surface area contributed by atoms with Crippen molar-refractivity contribution in [1.82, 2.24) is 4.90 Å². The first-order chi connectivity index (χ1) is 9.97. The molecule has 0 aromatic heterocycles. The lowest BCUT2D eigenvalue weighted by Gasteiger charge is -2.13. The van der Waals surface area contributed by atoms with Crippen molar-refractivity contribution in [2.45, 2.75) is 0 Å². The van der Waals surface area contributed by atoms with Crippen molar-refractivity contribution in [1.29, 1.82) is 0 Å². The molecule has 114 valence electrons. The summed E-state index contributed by atoms with van der Waals surface area (Å²) in [6, 6.07) is 7.86. The fourth-order valence-electron chi connectivity index (χ4n) is 1.45. The molecular formula is C14H22N6S. The highest BCUT2D eigenvalue weighted by atomic mass is 32.2. The molecule has 1 aromatic carbocycles. The van der Waals surface area contributed by atoms with E-state index in [4.69, 9.17) is 0 Å². The van der Waals surface area contributed by atoms with Gasteiger partial charge in [0.05, 0.1) is 5.69 Å². The highest BCUT2D eigenvalue weighted by Crippen LogP contribution is 2.19. The maximum atomic E-state index is 4.21. The Morgan fingerprint density at radius 1 is 0.952 bits per heavy atom. The molecule has 0 heterocycles. The van der Waals surface area contributed by atoms with Crippen LogP contribution in [0.3, 0.4) is 0 Å². The zero-order valence-corrected chi connectivity index (χ0v) is 14.2. The Morgan fingerprint density at radius 2 is 1.57 bits per heavy atom. The summed E-state index contributed by atoms with van der Waals surface area (Å²) in [5.41, 5.74) is 1.92. The normalized spacial score (nSPS) is 12.9. The van der Waals surface area contributed by atoms with Crippen molar-refractivity contribution in [2.24, 2.45) is 20.2 Å². The molecule has 0 saturated heterocycles. The molecule has 0 unspecified atom stereocenters. The van der Waals surface area contributed by atoms with Crippen LogP contribution in [0.15, 0.2) is 44.5 Å². The number of benzene rings is 1. The van der Waals surface area contributed by atoms with Gasteiger partial charge in [0.25, 0.3) is 0 Å². The van der Waals surface area contributed by atoms with Crippen molar-refractivity contribution in [3.63, 3.8) is 0 Å². The van der Waals surface area contributed by atoms with E-state index in [0.717, 1.165) is 16.5 Å². The summed E-state index contributed by atoms with van der Waals surface area (Å²) >= 11 is 1.38. The second kappa shape index (κ2) is 8.41.